The van der Waals surface area contributed by atoms with E-state index in [9.17, 15) is 0 Å². The predicted octanol–water partition coefficient (Wildman–Crippen LogP) is 2.00. The van der Waals surface area contributed by atoms with E-state index in [0.29, 0.717) is 24.6 Å². The fourth-order valence-electron chi connectivity index (χ4n) is 3.28. The van der Waals surface area contributed by atoms with Gasteiger partial charge < -0.3 is 19.2 Å². The Morgan fingerprint density at radius 2 is 2.10 bits per heavy atom. The van der Waals surface area contributed by atoms with Gasteiger partial charge in [-0.25, -0.2) is 4.98 Å². The van der Waals surface area contributed by atoms with Crippen molar-refractivity contribution < 1.29 is 8.94 Å². The molecule has 3 aromatic heterocycles. The topological polar surface area (TPSA) is 112 Å². The molecule has 0 atom stereocenters. The van der Waals surface area contributed by atoms with Crippen LogP contribution in [-0.4, -0.2) is 75.4 Å². The number of furan rings is 1. The van der Waals surface area contributed by atoms with Gasteiger partial charge in [-0.05, 0) is 19.1 Å². The van der Waals surface area contributed by atoms with Crippen LogP contribution in [0.4, 0.5) is 0 Å². The molecule has 1 fully saturated rings. The summed E-state index contributed by atoms with van der Waals surface area (Å²) in [6.45, 7) is 8.15. The predicted molar refractivity (Wildman–Crippen MR) is 123 cm³/mol. The molecule has 11 heteroatoms. The Hall–Kier alpha value is -2.41. The SMILES string of the molecule is CCNC(=NCCc1nc(-c2ccco2)n[nH]1)N1CCN(Cc2ccon2)CC1.I. The molecule has 162 valence electrons. The summed E-state index contributed by atoms with van der Waals surface area (Å²) in [5, 5.41) is 14.6. The Bertz CT molecular complexity index is 886. The van der Waals surface area contributed by atoms with Crippen LogP contribution < -0.4 is 5.32 Å². The summed E-state index contributed by atoms with van der Waals surface area (Å²) < 4.78 is 10.2. The number of hydrogen-bond acceptors (Lipinski definition) is 7. The second kappa shape index (κ2) is 11.1. The third-order valence-corrected chi connectivity index (χ3v) is 4.77. The summed E-state index contributed by atoms with van der Waals surface area (Å²) in [5.74, 6) is 2.98. The van der Waals surface area contributed by atoms with Crippen molar-refractivity contribution in [1.82, 2.24) is 35.5 Å². The second-order valence-electron chi connectivity index (χ2n) is 6.82. The zero-order chi connectivity index (χ0) is 19.9. The largest absolute Gasteiger partial charge is 0.461 e. The van der Waals surface area contributed by atoms with E-state index in [-0.39, 0.29) is 24.0 Å². The van der Waals surface area contributed by atoms with E-state index >= 15 is 0 Å². The molecule has 0 unspecified atom stereocenters. The van der Waals surface area contributed by atoms with Crippen molar-refractivity contribution in [3.63, 3.8) is 0 Å². The Labute approximate surface area is 192 Å². The summed E-state index contributed by atoms with van der Waals surface area (Å²) in [6.07, 6.45) is 3.92. The van der Waals surface area contributed by atoms with Gasteiger partial charge in [0.05, 0.1) is 12.0 Å². The first-order valence-corrected chi connectivity index (χ1v) is 9.92. The Balaban J connectivity index is 0.00000256. The molecule has 10 nitrogen and oxygen atoms in total. The molecule has 0 amide bonds. The van der Waals surface area contributed by atoms with E-state index in [2.05, 4.69) is 42.4 Å². The van der Waals surface area contributed by atoms with Crippen LogP contribution in [0.2, 0.25) is 0 Å². The van der Waals surface area contributed by atoms with Crippen LogP contribution in [0, 0.1) is 0 Å². The maximum atomic E-state index is 5.33. The van der Waals surface area contributed by atoms with Crippen LogP contribution in [0.5, 0.6) is 0 Å². The number of nitrogens with zero attached hydrogens (tertiary/aromatic N) is 6. The molecule has 0 bridgehead atoms. The van der Waals surface area contributed by atoms with E-state index in [4.69, 9.17) is 13.9 Å². The molecule has 1 aliphatic heterocycles. The molecule has 0 radical (unpaired) electrons. The highest BCUT2D eigenvalue weighted by atomic mass is 127. The number of guanidine groups is 1. The van der Waals surface area contributed by atoms with Crippen molar-refractivity contribution in [2.45, 2.75) is 19.9 Å². The molecule has 0 aromatic carbocycles. The quantitative estimate of drug-likeness (QED) is 0.273. The van der Waals surface area contributed by atoms with E-state index < -0.39 is 0 Å². The molecule has 0 saturated carbocycles. The molecule has 30 heavy (non-hydrogen) atoms. The molecular formula is C19H27IN8O2. The maximum Gasteiger partial charge on any atom is 0.216 e. The van der Waals surface area contributed by atoms with Gasteiger partial charge in [-0.3, -0.25) is 15.0 Å². The Morgan fingerprint density at radius 3 is 2.80 bits per heavy atom. The Morgan fingerprint density at radius 1 is 1.23 bits per heavy atom. The average molecular weight is 526 g/mol. The molecule has 4 heterocycles. The maximum absolute atomic E-state index is 5.33. The highest BCUT2D eigenvalue weighted by molar-refractivity contribution is 14.0. The molecule has 3 aromatic rings. The van der Waals surface area contributed by atoms with Gasteiger partial charge in [0.2, 0.25) is 5.82 Å². The van der Waals surface area contributed by atoms with Crippen molar-refractivity contribution in [2.24, 2.45) is 4.99 Å². The van der Waals surface area contributed by atoms with Crippen LogP contribution in [0.15, 0.2) is 44.7 Å². The van der Waals surface area contributed by atoms with Crippen molar-refractivity contribution in [3.8, 4) is 11.6 Å². The molecule has 4 rings (SSSR count). The zero-order valence-electron chi connectivity index (χ0n) is 17.0. The number of rotatable bonds is 7. The van der Waals surface area contributed by atoms with E-state index in [1.165, 1.54) is 0 Å². The highest BCUT2D eigenvalue weighted by Gasteiger charge is 2.20. The third-order valence-electron chi connectivity index (χ3n) is 4.77. The van der Waals surface area contributed by atoms with E-state index in [1.807, 2.05) is 18.2 Å². The first kappa shape index (κ1) is 22.3. The number of nitrogens with one attached hydrogen (secondary N) is 2. The lowest BCUT2D eigenvalue weighted by Crippen LogP contribution is -2.52. The first-order valence-electron chi connectivity index (χ1n) is 9.92. The van der Waals surface area contributed by atoms with Crippen molar-refractivity contribution >= 4 is 29.9 Å². The fourth-order valence-corrected chi connectivity index (χ4v) is 3.28. The second-order valence-corrected chi connectivity index (χ2v) is 6.82. The number of aliphatic imine (C=N–C) groups is 1. The normalized spacial score (nSPS) is 15.2. The monoisotopic (exact) mass is 526 g/mol. The van der Waals surface area contributed by atoms with Gasteiger partial charge in [0, 0.05) is 58.3 Å². The first-order chi connectivity index (χ1) is 14.3. The van der Waals surface area contributed by atoms with Crippen LogP contribution >= 0.6 is 24.0 Å². The van der Waals surface area contributed by atoms with Gasteiger partial charge in [-0.1, -0.05) is 5.16 Å². The van der Waals surface area contributed by atoms with Gasteiger partial charge in [-0.15, -0.1) is 24.0 Å². The smallest absolute Gasteiger partial charge is 0.216 e. The standard InChI is InChI=1S/C19H26N8O2.HI/c1-2-20-19(27-10-8-26(9-11-27)14-15-6-13-29-25-15)21-7-5-17-22-18(24-23-17)16-4-3-12-28-16;/h3-4,6,12-13H,2,5,7-11,14H2,1H3,(H,20,21)(H,22,23,24);1H. The van der Waals surface area contributed by atoms with Crippen molar-refractivity contribution in [2.75, 3.05) is 39.3 Å². The summed E-state index contributed by atoms with van der Waals surface area (Å²) in [4.78, 5) is 13.9. The number of halogens is 1. The molecular weight excluding hydrogens is 499 g/mol. The molecule has 2 N–H and O–H groups in total. The van der Waals surface area contributed by atoms with E-state index in [0.717, 1.165) is 56.7 Å². The van der Waals surface area contributed by atoms with Crippen LogP contribution in [-0.2, 0) is 13.0 Å². The van der Waals surface area contributed by atoms with Crippen molar-refractivity contribution in [3.05, 3.63) is 42.2 Å². The molecule has 1 saturated heterocycles. The van der Waals surface area contributed by atoms with Gasteiger partial charge in [-0.2, -0.15) is 5.10 Å². The lowest BCUT2D eigenvalue weighted by atomic mass is 10.3. The van der Waals surface area contributed by atoms with Crippen LogP contribution in [0.25, 0.3) is 11.6 Å². The minimum atomic E-state index is 0. The van der Waals surface area contributed by atoms with Gasteiger partial charge in [0.25, 0.3) is 0 Å². The molecule has 1 aliphatic rings. The number of aromatic amines is 1. The van der Waals surface area contributed by atoms with Crippen molar-refractivity contribution in [1.29, 1.82) is 0 Å². The Kier molecular flexibility index (Phi) is 8.25. The van der Waals surface area contributed by atoms with Crippen LogP contribution in [0.3, 0.4) is 0 Å². The summed E-state index contributed by atoms with van der Waals surface area (Å²) >= 11 is 0. The summed E-state index contributed by atoms with van der Waals surface area (Å²) in [5.41, 5.74) is 0.972. The van der Waals surface area contributed by atoms with Crippen LogP contribution in [0.1, 0.15) is 18.4 Å². The fraction of sp³-hybridized carbons (Fsp3) is 0.474. The number of aromatic nitrogens is 4. The minimum Gasteiger partial charge on any atom is -0.461 e. The van der Waals surface area contributed by atoms with E-state index in [1.54, 1.807) is 12.5 Å². The number of hydrogen-bond donors (Lipinski definition) is 2. The lowest BCUT2D eigenvalue weighted by Gasteiger charge is -2.36. The van der Waals surface area contributed by atoms with Gasteiger partial charge in [0.15, 0.2) is 11.7 Å². The number of H-pyrrole nitrogens is 1. The minimum absolute atomic E-state index is 0. The molecule has 0 aliphatic carbocycles. The summed E-state index contributed by atoms with van der Waals surface area (Å²) in [6, 6.07) is 5.58. The lowest BCUT2D eigenvalue weighted by molar-refractivity contribution is 0.169. The average Bonchev–Trinajstić information content (AvgIpc) is 3.50. The molecule has 0 spiro atoms. The summed E-state index contributed by atoms with van der Waals surface area (Å²) in [7, 11) is 0. The zero-order valence-corrected chi connectivity index (χ0v) is 19.3. The third kappa shape index (κ3) is 5.81. The highest BCUT2D eigenvalue weighted by Crippen LogP contribution is 2.14. The van der Waals surface area contributed by atoms with Gasteiger partial charge >= 0.3 is 0 Å². The van der Waals surface area contributed by atoms with Gasteiger partial charge in [0.1, 0.15) is 12.1 Å². The number of piperazine rings is 1.